The summed E-state index contributed by atoms with van der Waals surface area (Å²) in [6, 6.07) is 0. The number of amides is 1. The molecule has 0 radical (unpaired) electrons. The lowest BCUT2D eigenvalue weighted by molar-refractivity contribution is -0.202. The Labute approximate surface area is 79.2 Å². The number of rotatable bonds is 2. The van der Waals surface area contributed by atoms with Crippen molar-refractivity contribution >= 4 is 5.91 Å². The number of carbonyl (C=O) groups excluding carboxylic acids is 1. The molecule has 0 unspecified atom stereocenters. The maximum atomic E-state index is 11.8. The van der Waals surface area contributed by atoms with Crippen molar-refractivity contribution in [1.29, 1.82) is 0 Å². The molecule has 0 aromatic rings. The van der Waals surface area contributed by atoms with Crippen LogP contribution in [0.2, 0.25) is 0 Å². The van der Waals surface area contributed by atoms with Gasteiger partial charge >= 0.3 is 0 Å². The zero-order chi connectivity index (χ0) is 9.90. The van der Waals surface area contributed by atoms with Crippen LogP contribution in [0, 0.1) is 0 Å². The summed E-state index contributed by atoms with van der Waals surface area (Å²) in [4.78, 5) is 17.1. The summed E-state index contributed by atoms with van der Waals surface area (Å²) < 4.78 is 0. The van der Waals surface area contributed by atoms with Crippen LogP contribution in [-0.2, 0) is 9.63 Å². The highest BCUT2D eigenvalue weighted by atomic mass is 16.7. The van der Waals surface area contributed by atoms with Gasteiger partial charge in [0.2, 0.25) is 0 Å². The van der Waals surface area contributed by atoms with Gasteiger partial charge in [-0.1, -0.05) is 0 Å². The Kier molecular flexibility index (Phi) is 3.27. The first kappa shape index (κ1) is 10.5. The number of hydrogen-bond acceptors (Lipinski definition) is 3. The fraction of sp³-hybridized carbons (Fsp3) is 0.889. The van der Waals surface area contributed by atoms with Crippen LogP contribution in [-0.4, -0.2) is 36.7 Å². The highest BCUT2D eigenvalue weighted by molar-refractivity contribution is 5.84. The molecular formula is C9H18N2O2. The summed E-state index contributed by atoms with van der Waals surface area (Å²) in [5.74, 6) is 0.00898. The molecule has 1 amide bonds. The largest absolute Gasteiger partial charge is 0.307 e. The minimum absolute atomic E-state index is 0.00898. The molecule has 1 saturated heterocycles. The Morgan fingerprint density at radius 2 is 2.15 bits per heavy atom. The lowest BCUT2D eigenvalue weighted by Gasteiger charge is -2.32. The second-order valence-corrected chi connectivity index (χ2v) is 3.82. The van der Waals surface area contributed by atoms with Gasteiger partial charge in [-0.05, 0) is 33.7 Å². The van der Waals surface area contributed by atoms with E-state index >= 15 is 0 Å². The smallest absolute Gasteiger partial charge is 0.265 e. The van der Waals surface area contributed by atoms with Crippen molar-refractivity contribution in [3.05, 3.63) is 0 Å². The van der Waals surface area contributed by atoms with E-state index < -0.39 is 5.54 Å². The van der Waals surface area contributed by atoms with Crippen molar-refractivity contribution in [2.24, 2.45) is 0 Å². The van der Waals surface area contributed by atoms with Gasteiger partial charge < -0.3 is 5.32 Å². The predicted octanol–water partition coefficient (Wildman–Crippen LogP) is 0.538. The molecule has 13 heavy (non-hydrogen) atoms. The number of carbonyl (C=O) groups is 1. The molecule has 1 fully saturated rings. The van der Waals surface area contributed by atoms with Gasteiger partial charge in [-0.2, -0.15) is 0 Å². The van der Waals surface area contributed by atoms with E-state index in [9.17, 15) is 4.79 Å². The fourth-order valence-electron chi connectivity index (χ4n) is 1.18. The predicted molar refractivity (Wildman–Crippen MR) is 50.0 cm³/mol. The van der Waals surface area contributed by atoms with Gasteiger partial charge in [-0.3, -0.25) is 9.63 Å². The molecule has 0 aromatic carbocycles. The summed E-state index contributed by atoms with van der Waals surface area (Å²) >= 11 is 0. The number of hydroxylamine groups is 2. The molecule has 1 aliphatic heterocycles. The topological polar surface area (TPSA) is 41.6 Å². The minimum atomic E-state index is -0.530. The third kappa shape index (κ3) is 2.42. The van der Waals surface area contributed by atoms with E-state index in [1.165, 1.54) is 5.06 Å². The Bertz CT molecular complexity index is 186. The highest BCUT2D eigenvalue weighted by Gasteiger charge is 2.31. The number of hydrogen-bond donors (Lipinski definition) is 1. The second kappa shape index (κ2) is 4.07. The van der Waals surface area contributed by atoms with Crippen LogP contribution in [0.15, 0.2) is 0 Å². The fourth-order valence-corrected chi connectivity index (χ4v) is 1.18. The van der Waals surface area contributed by atoms with Gasteiger partial charge in [0.05, 0.1) is 12.1 Å². The summed E-state index contributed by atoms with van der Waals surface area (Å²) in [6.07, 6.45) is 2.08. The van der Waals surface area contributed by atoms with Crippen LogP contribution in [0.25, 0.3) is 0 Å². The van der Waals surface area contributed by atoms with Crippen molar-refractivity contribution in [2.75, 3.05) is 20.2 Å². The summed E-state index contributed by atoms with van der Waals surface area (Å²) in [5.41, 5.74) is -0.530. The Morgan fingerprint density at radius 3 is 2.62 bits per heavy atom. The Morgan fingerprint density at radius 1 is 1.46 bits per heavy atom. The van der Waals surface area contributed by atoms with E-state index in [0.29, 0.717) is 13.2 Å². The molecule has 4 heteroatoms. The Balaban J connectivity index is 2.55. The SMILES string of the molecule is CNC(C)(C)C(=O)N1CCCCO1. The highest BCUT2D eigenvalue weighted by Crippen LogP contribution is 2.12. The maximum absolute atomic E-state index is 11.8. The van der Waals surface area contributed by atoms with E-state index in [2.05, 4.69) is 5.32 Å². The van der Waals surface area contributed by atoms with Gasteiger partial charge in [-0.15, -0.1) is 0 Å². The van der Waals surface area contributed by atoms with E-state index in [-0.39, 0.29) is 5.91 Å². The van der Waals surface area contributed by atoms with Crippen LogP contribution < -0.4 is 5.32 Å². The van der Waals surface area contributed by atoms with Gasteiger partial charge in [0.25, 0.3) is 5.91 Å². The molecule has 0 spiro atoms. The zero-order valence-corrected chi connectivity index (χ0v) is 8.59. The lowest BCUT2D eigenvalue weighted by atomic mass is 10.0. The van der Waals surface area contributed by atoms with Crippen LogP contribution in [0.4, 0.5) is 0 Å². The minimum Gasteiger partial charge on any atom is -0.307 e. The first-order valence-corrected chi connectivity index (χ1v) is 4.72. The molecule has 76 valence electrons. The van der Waals surface area contributed by atoms with Crippen molar-refractivity contribution in [2.45, 2.75) is 32.2 Å². The normalized spacial score (nSPS) is 18.8. The monoisotopic (exact) mass is 186 g/mol. The van der Waals surface area contributed by atoms with Gasteiger partial charge in [0, 0.05) is 6.54 Å². The maximum Gasteiger partial charge on any atom is 0.265 e. The summed E-state index contributed by atoms with van der Waals surface area (Å²) in [5, 5.41) is 4.44. The molecule has 4 nitrogen and oxygen atoms in total. The zero-order valence-electron chi connectivity index (χ0n) is 8.59. The number of nitrogens with one attached hydrogen (secondary N) is 1. The van der Waals surface area contributed by atoms with E-state index in [0.717, 1.165) is 12.8 Å². The van der Waals surface area contributed by atoms with Crippen LogP contribution >= 0.6 is 0 Å². The van der Waals surface area contributed by atoms with Crippen LogP contribution in [0.5, 0.6) is 0 Å². The van der Waals surface area contributed by atoms with Crippen molar-refractivity contribution in [3.8, 4) is 0 Å². The van der Waals surface area contributed by atoms with Crippen LogP contribution in [0.1, 0.15) is 26.7 Å². The summed E-state index contributed by atoms with van der Waals surface area (Å²) in [6.45, 7) is 5.08. The number of nitrogens with zero attached hydrogens (tertiary/aromatic N) is 1. The molecule has 0 aromatic heterocycles. The van der Waals surface area contributed by atoms with Gasteiger partial charge in [-0.25, -0.2) is 5.06 Å². The van der Waals surface area contributed by atoms with Gasteiger partial charge in [0.15, 0.2) is 0 Å². The molecule has 0 bridgehead atoms. The molecule has 1 heterocycles. The Hall–Kier alpha value is -0.610. The standard InChI is InChI=1S/C9H18N2O2/c1-9(2,10-3)8(12)11-6-4-5-7-13-11/h10H,4-7H2,1-3H3. The lowest BCUT2D eigenvalue weighted by Crippen LogP contribution is -2.53. The van der Waals surface area contributed by atoms with Crippen molar-refractivity contribution in [3.63, 3.8) is 0 Å². The quantitative estimate of drug-likeness (QED) is 0.684. The second-order valence-electron chi connectivity index (χ2n) is 3.82. The molecule has 1 N–H and O–H groups in total. The third-order valence-electron chi connectivity index (χ3n) is 2.39. The molecule has 1 aliphatic rings. The molecule has 0 aliphatic carbocycles. The van der Waals surface area contributed by atoms with E-state index in [4.69, 9.17) is 4.84 Å². The number of likely N-dealkylation sites (N-methyl/N-ethyl adjacent to an activating group) is 1. The van der Waals surface area contributed by atoms with Crippen molar-refractivity contribution in [1.82, 2.24) is 10.4 Å². The molecule has 0 atom stereocenters. The molecule has 0 saturated carbocycles. The van der Waals surface area contributed by atoms with Gasteiger partial charge in [0.1, 0.15) is 0 Å². The first-order valence-electron chi connectivity index (χ1n) is 4.72. The molecular weight excluding hydrogens is 168 g/mol. The average Bonchev–Trinajstić information content (AvgIpc) is 2.18. The van der Waals surface area contributed by atoms with E-state index in [1.807, 2.05) is 13.8 Å². The third-order valence-corrected chi connectivity index (χ3v) is 2.39. The van der Waals surface area contributed by atoms with Crippen molar-refractivity contribution < 1.29 is 9.63 Å². The first-order chi connectivity index (χ1) is 6.08. The van der Waals surface area contributed by atoms with Crippen LogP contribution in [0.3, 0.4) is 0 Å². The molecule has 1 rings (SSSR count). The summed E-state index contributed by atoms with van der Waals surface area (Å²) in [7, 11) is 1.78. The average molecular weight is 186 g/mol. The van der Waals surface area contributed by atoms with E-state index in [1.54, 1.807) is 7.05 Å².